The molecule has 0 fully saturated rings. The Labute approximate surface area is 171 Å². The average Bonchev–Trinajstić information content (AvgIpc) is 2.69. The van der Waals surface area contributed by atoms with Crippen LogP contribution in [-0.4, -0.2) is 23.3 Å². The molecule has 150 valence electrons. The summed E-state index contributed by atoms with van der Waals surface area (Å²) in [4.78, 5) is 31.1. The van der Waals surface area contributed by atoms with Gasteiger partial charge in [-0.15, -0.1) is 0 Å². The Balaban J connectivity index is 1.78. The van der Waals surface area contributed by atoms with Crippen LogP contribution < -0.4 is 10.2 Å². The van der Waals surface area contributed by atoms with Crippen molar-refractivity contribution < 1.29 is 9.59 Å². The van der Waals surface area contributed by atoms with Gasteiger partial charge in [0.25, 0.3) is 0 Å². The van der Waals surface area contributed by atoms with Gasteiger partial charge in [-0.25, -0.2) is 0 Å². The fourth-order valence-electron chi connectivity index (χ4n) is 3.57. The van der Waals surface area contributed by atoms with Crippen LogP contribution in [0.25, 0.3) is 10.9 Å². The summed E-state index contributed by atoms with van der Waals surface area (Å²) in [6.07, 6.45) is 1.91. The first kappa shape index (κ1) is 20.5. The number of hydrogen-bond donors (Lipinski definition) is 1. The van der Waals surface area contributed by atoms with Crippen molar-refractivity contribution in [2.24, 2.45) is 0 Å². The molecule has 0 aliphatic rings. The molecule has 3 rings (SSSR count). The summed E-state index contributed by atoms with van der Waals surface area (Å²) in [6.45, 7) is 8.08. The van der Waals surface area contributed by atoms with Crippen LogP contribution in [0, 0.1) is 6.92 Å². The van der Waals surface area contributed by atoms with Crippen molar-refractivity contribution in [1.82, 2.24) is 4.98 Å². The Hall–Kier alpha value is -3.21. The third-order valence-corrected chi connectivity index (χ3v) is 5.01. The van der Waals surface area contributed by atoms with Gasteiger partial charge in [0.2, 0.25) is 11.8 Å². The number of nitrogens with zero attached hydrogens (tertiary/aromatic N) is 2. The number of carbonyl (C=O) groups is 2. The molecule has 1 aromatic heterocycles. The highest BCUT2D eigenvalue weighted by Gasteiger charge is 2.20. The zero-order chi connectivity index (χ0) is 21.0. The summed E-state index contributed by atoms with van der Waals surface area (Å²) < 4.78 is 0. The molecule has 0 saturated carbocycles. The van der Waals surface area contributed by atoms with Crippen molar-refractivity contribution in [3.63, 3.8) is 0 Å². The largest absolute Gasteiger partial charge is 0.324 e. The number of rotatable bonds is 6. The van der Waals surface area contributed by atoms with E-state index < -0.39 is 0 Å². The second kappa shape index (κ2) is 8.86. The van der Waals surface area contributed by atoms with Crippen LogP contribution in [0.15, 0.2) is 54.7 Å². The highest BCUT2D eigenvalue weighted by Crippen LogP contribution is 2.31. The molecule has 0 bridgehead atoms. The lowest BCUT2D eigenvalue weighted by Crippen LogP contribution is -2.33. The van der Waals surface area contributed by atoms with Crippen LogP contribution in [0.3, 0.4) is 0 Å². The van der Waals surface area contributed by atoms with Crippen LogP contribution >= 0.6 is 0 Å². The number of para-hydroxylation sites is 2. The fourth-order valence-corrected chi connectivity index (χ4v) is 3.57. The second-order valence-corrected chi connectivity index (χ2v) is 7.52. The van der Waals surface area contributed by atoms with E-state index in [1.165, 1.54) is 0 Å². The summed E-state index contributed by atoms with van der Waals surface area (Å²) in [7, 11) is 0. The molecule has 0 spiro atoms. The van der Waals surface area contributed by atoms with E-state index in [1.807, 2.05) is 55.5 Å². The SMILES string of the molecule is CC(=O)N(CCC(=O)Nc1cccc2cccnc12)c1c(C)cccc1C(C)C. The number of pyridine rings is 1. The van der Waals surface area contributed by atoms with Gasteiger partial charge in [0.05, 0.1) is 11.2 Å². The third-order valence-electron chi connectivity index (χ3n) is 5.01. The van der Waals surface area contributed by atoms with Gasteiger partial charge in [-0.1, -0.05) is 50.2 Å². The zero-order valence-electron chi connectivity index (χ0n) is 17.4. The number of hydrogen-bond acceptors (Lipinski definition) is 3. The minimum atomic E-state index is -0.144. The van der Waals surface area contributed by atoms with Crippen molar-refractivity contribution in [2.75, 3.05) is 16.8 Å². The van der Waals surface area contributed by atoms with E-state index >= 15 is 0 Å². The lowest BCUT2D eigenvalue weighted by molar-refractivity contribution is -0.117. The van der Waals surface area contributed by atoms with Gasteiger partial charge in [-0.05, 0) is 36.1 Å². The highest BCUT2D eigenvalue weighted by atomic mass is 16.2. The smallest absolute Gasteiger partial charge is 0.226 e. The van der Waals surface area contributed by atoms with Gasteiger partial charge >= 0.3 is 0 Å². The number of benzene rings is 2. The molecule has 1 N–H and O–H groups in total. The van der Waals surface area contributed by atoms with E-state index in [9.17, 15) is 9.59 Å². The summed E-state index contributed by atoms with van der Waals surface area (Å²) >= 11 is 0. The molecule has 2 aromatic carbocycles. The number of anilines is 2. The lowest BCUT2D eigenvalue weighted by atomic mass is 9.97. The normalized spacial score (nSPS) is 10.9. The minimum absolute atomic E-state index is 0.0687. The predicted molar refractivity (Wildman–Crippen MR) is 118 cm³/mol. The van der Waals surface area contributed by atoms with E-state index in [1.54, 1.807) is 18.0 Å². The standard InChI is InChI=1S/C24H27N3O2/c1-16(2)20-11-5-8-17(3)24(20)27(18(4)28)15-13-22(29)26-21-12-6-9-19-10-7-14-25-23(19)21/h5-12,14,16H,13,15H2,1-4H3,(H,26,29). The molecular formula is C24H27N3O2. The second-order valence-electron chi connectivity index (χ2n) is 7.52. The molecule has 0 aliphatic heterocycles. The van der Waals surface area contributed by atoms with Gasteiger partial charge in [-0.2, -0.15) is 0 Å². The molecule has 0 aliphatic carbocycles. The van der Waals surface area contributed by atoms with Gasteiger partial charge in [0.1, 0.15) is 0 Å². The molecular weight excluding hydrogens is 362 g/mol. The van der Waals surface area contributed by atoms with Gasteiger partial charge < -0.3 is 10.2 Å². The molecule has 0 unspecified atom stereocenters. The molecule has 5 nitrogen and oxygen atoms in total. The van der Waals surface area contributed by atoms with Crippen molar-refractivity contribution in [3.8, 4) is 0 Å². The number of aromatic nitrogens is 1. The van der Waals surface area contributed by atoms with E-state index in [0.717, 1.165) is 27.7 Å². The molecule has 0 radical (unpaired) electrons. The van der Waals surface area contributed by atoms with E-state index in [4.69, 9.17) is 0 Å². The number of carbonyl (C=O) groups excluding carboxylic acids is 2. The monoisotopic (exact) mass is 389 g/mol. The van der Waals surface area contributed by atoms with Gasteiger partial charge in [0, 0.05) is 37.2 Å². The lowest BCUT2D eigenvalue weighted by Gasteiger charge is -2.27. The van der Waals surface area contributed by atoms with Crippen molar-refractivity contribution in [2.45, 2.75) is 40.0 Å². The first-order valence-corrected chi connectivity index (χ1v) is 9.89. The Morgan fingerprint density at radius 1 is 1.07 bits per heavy atom. The third kappa shape index (κ3) is 4.62. The Morgan fingerprint density at radius 3 is 2.52 bits per heavy atom. The van der Waals surface area contributed by atoms with Crippen molar-refractivity contribution >= 4 is 34.1 Å². The van der Waals surface area contributed by atoms with Gasteiger partial charge in [-0.3, -0.25) is 14.6 Å². The Morgan fingerprint density at radius 2 is 1.79 bits per heavy atom. The molecule has 5 heteroatoms. The van der Waals surface area contributed by atoms with E-state index in [-0.39, 0.29) is 24.2 Å². The molecule has 0 saturated heterocycles. The maximum Gasteiger partial charge on any atom is 0.226 e. The summed E-state index contributed by atoms with van der Waals surface area (Å²) in [6, 6.07) is 15.6. The van der Waals surface area contributed by atoms with Crippen LogP contribution in [-0.2, 0) is 9.59 Å². The highest BCUT2D eigenvalue weighted by molar-refractivity contribution is 6.01. The van der Waals surface area contributed by atoms with Crippen LogP contribution in [0.4, 0.5) is 11.4 Å². The first-order chi connectivity index (χ1) is 13.9. The summed E-state index contributed by atoms with van der Waals surface area (Å²) in [5.41, 5.74) is 4.49. The maximum atomic E-state index is 12.6. The number of fused-ring (bicyclic) bond motifs is 1. The maximum absolute atomic E-state index is 12.6. The zero-order valence-corrected chi connectivity index (χ0v) is 17.4. The average molecular weight is 389 g/mol. The quantitative estimate of drug-likeness (QED) is 0.642. The molecule has 0 atom stereocenters. The first-order valence-electron chi connectivity index (χ1n) is 9.89. The van der Waals surface area contributed by atoms with Crippen molar-refractivity contribution in [1.29, 1.82) is 0 Å². The fraction of sp³-hybridized carbons (Fsp3) is 0.292. The molecule has 1 heterocycles. The van der Waals surface area contributed by atoms with Crippen LogP contribution in [0.2, 0.25) is 0 Å². The van der Waals surface area contributed by atoms with E-state index in [0.29, 0.717) is 12.2 Å². The van der Waals surface area contributed by atoms with Crippen LogP contribution in [0.1, 0.15) is 44.2 Å². The van der Waals surface area contributed by atoms with Crippen LogP contribution in [0.5, 0.6) is 0 Å². The topological polar surface area (TPSA) is 62.3 Å². The number of aryl methyl sites for hydroxylation is 1. The summed E-state index contributed by atoms with van der Waals surface area (Å²) in [5.74, 6) is 0.0669. The minimum Gasteiger partial charge on any atom is -0.324 e. The van der Waals surface area contributed by atoms with Crippen molar-refractivity contribution in [3.05, 3.63) is 65.9 Å². The Bertz CT molecular complexity index is 1040. The Kier molecular flexibility index (Phi) is 6.27. The number of amides is 2. The van der Waals surface area contributed by atoms with Gasteiger partial charge in [0.15, 0.2) is 0 Å². The number of nitrogens with one attached hydrogen (secondary N) is 1. The van der Waals surface area contributed by atoms with E-state index in [2.05, 4.69) is 24.1 Å². The predicted octanol–water partition coefficient (Wildman–Crippen LogP) is 5.05. The summed E-state index contributed by atoms with van der Waals surface area (Å²) in [5, 5.41) is 3.91. The molecule has 3 aromatic rings. The molecule has 29 heavy (non-hydrogen) atoms. The molecule has 2 amide bonds.